The first-order valence-corrected chi connectivity index (χ1v) is 12.2. The number of aromatic amines is 1. The Morgan fingerprint density at radius 1 is 1.11 bits per heavy atom. The molecule has 1 saturated heterocycles. The van der Waals surface area contributed by atoms with Crippen LogP contribution in [0.25, 0.3) is 22.6 Å². The lowest BCUT2D eigenvalue weighted by Gasteiger charge is -2.15. The molecule has 0 bridgehead atoms. The third-order valence-corrected chi connectivity index (χ3v) is 6.16. The van der Waals surface area contributed by atoms with Crippen molar-refractivity contribution in [2.24, 2.45) is 0 Å². The number of carbonyl (C=O) groups is 1. The molecular weight excluding hydrogens is 450 g/mol. The normalized spacial score (nSPS) is 13.8. The van der Waals surface area contributed by atoms with Crippen LogP contribution in [0.4, 0.5) is 5.82 Å². The van der Waals surface area contributed by atoms with Crippen molar-refractivity contribution in [3.63, 3.8) is 0 Å². The van der Waals surface area contributed by atoms with Gasteiger partial charge in [-0.05, 0) is 37.8 Å². The van der Waals surface area contributed by atoms with Gasteiger partial charge in [0, 0.05) is 64.6 Å². The van der Waals surface area contributed by atoms with Gasteiger partial charge in [-0.3, -0.25) is 18.7 Å². The number of imidazole rings is 1. The van der Waals surface area contributed by atoms with E-state index in [9.17, 15) is 14.4 Å². The number of nitrogens with zero attached hydrogens (tertiary/aromatic N) is 5. The number of nitrogens with one attached hydrogen (secondary N) is 2. The Morgan fingerprint density at radius 3 is 2.66 bits per heavy atom. The van der Waals surface area contributed by atoms with Crippen molar-refractivity contribution in [2.75, 3.05) is 38.7 Å². The van der Waals surface area contributed by atoms with Crippen LogP contribution in [0.1, 0.15) is 39.0 Å². The summed E-state index contributed by atoms with van der Waals surface area (Å²) in [6.45, 7) is 5.51. The Bertz CT molecular complexity index is 1280. The molecular formula is C24H33N7O4. The molecule has 0 unspecified atom stereocenters. The van der Waals surface area contributed by atoms with E-state index in [1.807, 2.05) is 24.0 Å². The summed E-state index contributed by atoms with van der Waals surface area (Å²) >= 11 is 0. The molecule has 1 fully saturated rings. The van der Waals surface area contributed by atoms with E-state index in [1.165, 1.54) is 4.57 Å². The van der Waals surface area contributed by atoms with Crippen molar-refractivity contribution in [2.45, 2.75) is 52.1 Å². The number of fused-ring (bicyclic) bond motifs is 1. The molecule has 1 amide bonds. The highest BCUT2D eigenvalue weighted by Crippen LogP contribution is 2.19. The van der Waals surface area contributed by atoms with Gasteiger partial charge in [0.25, 0.3) is 5.56 Å². The minimum Gasteiger partial charge on any atom is -0.385 e. The summed E-state index contributed by atoms with van der Waals surface area (Å²) in [6.07, 6.45) is 5.45. The van der Waals surface area contributed by atoms with Crippen molar-refractivity contribution in [3.05, 3.63) is 39.2 Å². The molecule has 3 aromatic rings. The number of carbonyl (C=O) groups excluding carboxylic acids is 1. The second kappa shape index (κ2) is 11.3. The Kier molecular flexibility index (Phi) is 7.96. The minimum absolute atomic E-state index is 0.240. The second-order valence-corrected chi connectivity index (χ2v) is 8.72. The first kappa shape index (κ1) is 24.6. The van der Waals surface area contributed by atoms with E-state index in [2.05, 4.69) is 20.3 Å². The third-order valence-electron chi connectivity index (χ3n) is 6.16. The van der Waals surface area contributed by atoms with Gasteiger partial charge in [0.05, 0.1) is 0 Å². The van der Waals surface area contributed by atoms with Gasteiger partial charge in [-0.25, -0.2) is 14.8 Å². The van der Waals surface area contributed by atoms with Crippen molar-refractivity contribution in [3.8, 4) is 11.4 Å². The highest BCUT2D eigenvalue weighted by molar-refractivity contribution is 5.78. The molecule has 188 valence electrons. The fraction of sp³-hybridized carbons (Fsp3) is 0.542. The van der Waals surface area contributed by atoms with Gasteiger partial charge >= 0.3 is 5.69 Å². The third kappa shape index (κ3) is 5.45. The number of likely N-dealkylation sites (tertiary alicyclic amines) is 1. The van der Waals surface area contributed by atoms with Crippen LogP contribution in [0.3, 0.4) is 0 Å². The van der Waals surface area contributed by atoms with Gasteiger partial charge in [-0.1, -0.05) is 6.92 Å². The van der Waals surface area contributed by atoms with E-state index in [1.54, 1.807) is 17.9 Å². The van der Waals surface area contributed by atoms with Crippen molar-refractivity contribution in [1.82, 2.24) is 29.0 Å². The highest BCUT2D eigenvalue weighted by Gasteiger charge is 2.19. The average Bonchev–Trinajstić information content (AvgIpc) is 3.49. The number of H-pyrrole nitrogens is 1. The Balaban J connectivity index is 1.51. The minimum atomic E-state index is -0.365. The van der Waals surface area contributed by atoms with Crippen LogP contribution < -0.4 is 16.6 Å². The zero-order chi connectivity index (χ0) is 24.8. The Labute approximate surface area is 203 Å². The lowest BCUT2D eigenvalue weighted by Crippen LogP contribution is -2.40. The van der Waals surface area contributed by atoms with Gasteiger partial charge < -0.3 is 19.9 Å². The quantitative estimate of drug-likeness (QED) is 0.376. The van der Waals surface area contributed by atoms with Crippen LogP contribution in [0, 0.1) is 0 Å². The number of aromatic nitrogens is 5. The van der Waals surface area contributed by atoms with Crippen LogP contribution in [0.15, 0.2) is 27.9 Å². The standard InChI is InChI=1S/C24H33N7O4/c1-3-11-31-23(33)20-22(30(24(31)34)14-6-15-35-2)28-21(27-20)17-8-9-18(26-16-17)25-10-5-13-29-12-4-7-19(29)32/h8-9,16H,3-7,10-15H2,1-2H3,(H,25,26)(H,27,28). The number of hydrogen-bond donors (Lipinski definition) is 2. The molecule has 2 N–H and O–H groups in total. The van der Waals surface area contributed by atoms with E-state index in [0.29, 0.717) is 68.1 Å². The number of hydrogen-bond acceptors (Lipinski definition) is 7. The van der Waals surface area contributed by atoms with E-state index < -0.39 is 0 Å². The largest absolute Gasteiger partial charge is 0.385 e. The number of anilines is 1. The first-order chi connectivity index (χ1) is 17.0. The van der Waals surface area contributed by atoms with E-state index >= 15 is 0 Å². The second-order valence-electron chi connectivity index (χ2n) is 8.72. The van der Waals surface area contributed by atoms with E-state index in [4.69, 9.17) is 4.74 Å². The predicted molar refractivity (Wildman–Crippen MR) is 134 cm³/mol. The van der Waals surface area contributed by atoms with Crippen LogP contribution in [0.2, 0.25) is 0 Å². The highest BCUT2D eigenvalue weighted by atomic mass is 16.5. The number of amides is 1. The summed E-state index contributed by atoms with van der Waals surface area (Å²) in [7, 11) is 1.61. The first-order valence-electron chi connectivity index (χ1n) is 12.2. The van der Waals surface area contributed by atoms with Crippen molar-refractivity contribution in [1.29, 1.82) is 0 Å². The monoisotopic (exact) mass is 483 g/mol. The molecule has 4 heterocycles. The summed E-state index contributed by atoms with van der Waals surface area (Å²) in [5, 5.41) is 3.27. The number of ether oxygens (including phenoxy) is 1. The molecule has 0 saturated carbocycles. The molecule has 35 heavy (non-hydrogen) atoms. The van der Waals surface area contributed by atoms with Gasteiger partial charge in [0.15, 0.2) is 5.65 Å². The summed E-state index contributed by atoms with van der Waals surface area (Å²) in [6, 6.07) is 3.72. The zero-order valence-corrected chi connectivity index (χ0v) is 20.4. The van der Waals surface area contributed by atoms with E-state index in [-0.39, 0.29) is 17.2 Å². The Morgan fingerprint density at radius 2 is 1.97 bits per heavy atom. The number of methoxy groups -OCH3 is 1. The molecule has 4 rings (SSSR count). The van der Waals surface area contributed by atoms with Gasteiger partial charge in [-0.15, -0.1) is 0 Å². The summed E-state index contributed by atoms with van der Waals surface area (Å²) in [4.78, 5) is 51.7. The zero-order valence-electron chi connectivity index (χ0n) is 20.4. The molecule has 11 nitrogen and oxygen atoms in total. The molecule has 0 aliphatic carbocycles. The molecule has 0 aromatic carbocycles. The predicted octanol–water partition coefficient (Wildman–Crippen LogP) is 1.82. The fourth-order valence-corrected chi connectivity index (χ4v) is 4.36. The maximum atomic E-state index is 13.0. The maximum absolute atomic E-state index is 13.0. The smallest absolute Gasteiger partial charge is 0.332 e. The number of aryl methyl sites for hydroxylation is 1. The van der Waals surface area contributed by atoms with Crippen LogP contribution in [-0.2, 0) is 22.6 Å². The number of rotatable bonds is 12. The van der Waals surface area contributed by atoms with Crippen molar-refractivity contribution < 1.29 is 9.53 Å². The number of pyridine rings is 1. The van der Waals surface area contributed by atoms with Crippen LogP contribution in [0.5, 0.6) is 0 Å². The summed E-state index contributed by atoms with van der Waals surface area (Å²) in [5.74, 6) is 1.45. The molecule has 3 aromatic heterocycles. The SMILES string of the molecule is CCCn1c(=O)c2[nH]c(-c3ccc(NCCCN4CCCC4=O)nc3)nc2n(CCCOC)c1=O. The molecule has 1 aliphatic rings. The van der Waals surface area contributed by atoms with Gasteiger partial charge in [0.2, 0.25) is 5.91 Å². The lowest BCUT2D eigenvalue weighted by atomic mass is 10.2. The topological polar surface area (TPSA) is 127 Å². The molecule has 0 spiro atoms. The maximum Gasteiger partial charge on any atom is 0.332 e. The van der Waals surface area contributed by atoms with Gasteiger partial charge in [-0.2, -0.15) is 0 Å². The molecule has 11 heteroatoms. The van der Waals surface area contributed by atoms with Gasteiger partial charge in [0.1, 0.15) is 17.2 Å². The summed E-state index contributed by atoms with van der Waals surface area (Å²) < 4.78 is 7.93. The molecule has 0 radical (unpaired) electrons. The summed E-state index contributed by atoms with van der Waals surface area (Å²) in [5.41, 5.74) is 0.649. The molecule has 1 aliphatic heterocycles. The van der Waals surface area contributed by atoms with Crippen LogP contribution in [-0.4, -0.2) is 68.2 Å². The van der Waals surface area contributed by atoms with Crippen molar-refractivity contribution >= 4 is 22.9 Å². The lowest BCUT2D eigenvalue weighted by molar-refractivity contribution is -0.127. The Hall–Kier alpha value is -3.47. The molecule has 0 atom stereocenters. The van der Waals surface area contributed by atoms with E-state index in [0.717, 1.165) is 31.7 Å². The average molecular weight is 484 g/mol. The van der Waals surface area contributed by atoms with Crippen LogP contribution >= 0.6 is 0 Å². The fourth-order valence-electron chi connectivity index (χ4n) is 4.36.